The molecular weight excluding hydrogens is 300 g/mol. The monoisotopic (exact) mass is 322 g/mol. The van der Waals surface area contributed by atoms with Gasteiger partial charge in [0.05, 0.1) is 11.2 Å². The van der Waals surface area contributed by atoms with Crippen LogP contribution < -0.4 is 16.1 Å². The largest absolute Gasteiger partial charge is 0.366 e. The lowest BCUT2D eigenvalue weighted by Gasteiger charge is -2.47. The van der Waals surface area contributed by atoms with E-state index in [0.717, 1.165) is 18.5 Å². The van der Waals surface area contributed by atoms with Gasteiger partial charge in [-0.25, -0.2) is 10.2 Å². The summed E-state index contributed by atoms with van der Waals surface area (Å²) < 4.78 is 0. The van der Waals surface area contributed by atoms with E-state index in [1.54, 1.807) is 0 Å². The number of hydrazone groups is 1. The van der Waals surface area contributed by atoms with Crippen LogP contribution >= 0.6 is 11.6 Å². The van der Waals surface area contributed by atoms with Gasteiger partial charge >= 0.3 is 6.03 Å². The first-order chi connectivity index (χ1) is 10.3. The number of urea groups is 1. The molecule has 1 aromatic carbocycles. The highest BCUT2D eigenvalue weighted by Gasteiger charge is 2.35. The van der Waals surface area contributed by atoms with Crippen molar-refractivity contribution in [1.29, 1.82) is 0 Å². The highest BCUT2D eigenvalue weighted by Crippen LogP contribution is 2.44. The van der Waals surface area contributed by atoms with Crippen LogP contribution in [-0.2, 0) is 0 Å². The fourth-order valence-corrected chi connectivity index (χ4v) is 3.59. The summed E-state index contributed by atoms with van der Waals surface area (Å²) in [6.45, 7) is 9.83. The molecule has 2 rings (SSSR count). The van der Waals surface area contributed by atoms with E-state index in [1.165, 1.54) is 17.5 Å². The van der Waals surface area contributed by atoms with E-state index in [9.17, 15) is 4.79 Å². The Balaban J connectivity index is 2.44. The van der Waals surface area contributed by atoms with Gasteiger partial charge in [-0.3, -0.25) is 0 Å². The highest BCUT2D eigenvalue weighted by atomic mass is 35.5. The standard InChI is InChI=1S/C16H23ClN4O/c1-5-21-14-7-13(17)11(9-19-20-15(18)22)6-12(14)10(2)8-16(21,3)4/h6-7,9-10H,5,8H2,1-4H3,(H3,18,20,22)/b19-9-. The van der Waals surface area contributed by atoms with Gasteiger partial charge in [-0.1, -0.05) is 18.5 Å². The average Bonchev–Trinajstić information content (AvgIpc) is 2.39. The number of amides is 2. The van der Waals surface area contributed by atoms with Crippen LogP contribution in [-0.4, -0.2) is 24.3 Å². The van der Waals surface area contributed by atoms with Crippen molar-refractivity contribution in [3.8, 4) is 0 Å². The first-order valence-corrected chi connectivity index (χ1v) is 7.83. The predicted molar refractivity (Wildman–Crippen MR) is 91.9 cm³/mol. The quantitative estimate of drug-likeness (QED) is 0.661. The van der Waals surface area contributed by atoms with E-state index in [2.05, 4.69) is 43.1 Å². The van der Waals surface area contributed by atoms with Crippen molar-refractivity contribution in [2.45, 2.75) is 45.6 Å². The fraction of sp³-hybridized carbons (Fsp3) is 0.500. The number of hydrogen-bond acceptors (Lipinski definition) is 3. The van der Waals surface area contributed by atoms with Crippen LogP contribution in [0.5, 0.6) is 0 Å². The molecule has 1 heterocycles. The maximum atomic E-state index is 10.7. The van der Waals surface area contributed by atoms with Crippen molar-refractivity contribution < 1.29 is 4.79 Å². The number of halogens is 1. The second-order valence-corrected chi connectivity index (χ2v) is 6.74. The molecule has 1 unspecified atom stereocenters. The Morgan fingerprint density at radius 1 is 1.59 bits per heavy atom. The van der Waals surface area contributed by atoms with Gasteiger partial charge in [-0.15, -0.1) is 0 Å². The summed E-state index contributed by atoms with van der Waals surface area (Å²) in [4.78, 5) is 13.1. The number of fused-ring (bicyclic) bond motifs is 1. The van der Waals surface area contributed by atoms with Gasteiger partial charge in [0.2, 0.25) is 0 Å². The summed E-state index contributed by atoms with van der Waals surface area (Å²) in [5.74, 6) is 0.432. The van der Waals surface area contributed by atoms with Gasteiger partial charge in [0, 0.05) is 23.3 Å². The van der Waals surface area contributed by atoms with E-state index >= 15 is 0 Å². The number of rotatable bonds is 3. The van der Waals surface area contributed by atoms with Crippen molar-refractivity contribution in [1.82, 2.24) is 5.43 Å². The van der Waals surface area contributed by atoms with Crippen LogP contribution in [0.25, 0.3) is 0 Å². The number of anilines is 1. The van der Waals surface area contributed by atoms with Gasteiger partial charge in [0.25, 0.3) is 0 Å². The van der Waals surface area contributed by atoms with Crippen LogP contribution in [0.15, 0.2) is 17.2 Å². The fourth-order valence-electron chi connectivity index (χ4n) is 3.38. The molecule has 1 aromatic rings. The van der Waals surface area contributed by atoms with E-state index in [-0.39, 0.29) is 5.54 Å². The number of primary amides is 1. The second kappa shape index (κ2) is 6.16. The number of carbonyl (C=O) groups excluding carboxylic acids is 1. The summed E-state index contributed by atoms with van der Waals surface area (Å²) in [6.07, 6.45) is 2.60. The molecule has 1 aliphatic heterocycles. The second-order valence-electron chi connectivity index (χ2n) is 6.33. The molecule has 0 fully saturated rings. The third kappa shape index (κ3) is 3.19. The summed E-state index contributed by atoms with van der Waals surface area (Å²) in [5.41, 5.74) is 10.5. The Kier molecular flexibility index (Phi) is 4.66. The van der Waals surface area contributed by atoms with Gasteiger partial charge in [-0.05, 0) is 50.8 Å². The molecule has 6 heteroatoms. The molecule has 0 spiro atoms. The Labute approximate surface area is 136 Å². The number of carbonyl (C=O) groups is 1. The SMILES string of the molecule is CCN1c2cc(Cl)c(/C=N\NC(N)=O)cc2C(C)CC1(C)C. The number of hydrogen-bond donors (Lipinski definition) is 2. The van der Waals surface area contributed by atoms with Crippen LogP contribution in [0.2, 0.25) is 5.02 Å². The lowest BCUT2D eigenvalue weighted by Crippen LogP contribution is -2.48. The van der Waals surface area contributed by atoms with Crippen molar-refractivity contribution in [3.63, 3.8) is 0 Å². The van der Waals surface area contributed by atoms with Crippen LogP contribution in [0.4, 0.5) is 10.5 Å². The molecule has 0 saturated heterocycles. The maximum Gasteiger partial charge on any atom is 0.332 e. The molecular formula is C16H23ClN4O. The molecule has 0 aliphatic carbocycles. The predicted octanol–water partition coefficient (Wildman–Crippen LogP) is 3.45. The molecule has 0 aromatic heterocycles. The van der Waals surface area contributed by atoms with Gasteiger partial charge < -0.3 is 10.6 Å². The summed E-state index contributed by atoms with van der Waals surface area (Å²) >= 11 is 6.38. The molecule has 1 aliphatic rings. The molecule has 3 N–H and O–H groups in total. The number of nitrogens with one attached hydrogen (secondary N) is 1. The molecule has 0 bridgehead atoms. The zero-order valence-electron chi connectivity index (χ0n) is 13.5. The zero-order chi connectivity index (χ0) is 16.5. The topological polar surface area (TPSA) is 70.7 Å². The first kappa shape index (κ1) is 16.6. The third-order valence-corrected chi connectivity index (χ3v) is 4.53. The molecule has 0 radical (unpaired) electrons. The number of nitrogens with two attached hydrogens (primary N) is 1. The normalized spacial score (nSPS) is 20.0. The van der Waals surface area contributed by atoms with Crippen LogP contribution in [0.1, 0.15) is 51.2 Å². The minimum atomic E-state index is -0.697. The van der Waals surface area contributed by atoms with Crippen molar-refractivity contribution in [2.24, 2.45) is 10.8 Å². The average molecular weight is 323 g/mol. The molecule has 120 valence electrons. The van der Waals surface area contributed by atoms with Gasteiger partial charge in [0.1, 0.15) is 0 Å². The molecule has 0 saturated carbocycles. The van der Waals surface area contributed by atoms with E-state index < -0.39 is 6.03 Å². The minimum Gasteiger partial charge on any atom is -0.366 e. The summed E-state index contributed by atoms with van der Waals surface area (Å²) in [7, 11) is 0. The Morgan fingerprint density at radius 3 is 2.86 bits per heavy atom. The number of benzene rings is 1. The van der Waals surface area contributed by atoms with Crippen molar-refractivity contribution in [2.75, 3.05) is 11.4 Å². The number of nitrogens with zero attached hydrogens (tertiary/aromatic N) is 2. The lowest BCUT2D eigenvalue weighted by atomic mass is 9.79. The van der Waals surface area contributed by atoms with Crippen LogP contribution in [0.3, 0.4) is 0 Å². The maximum absolute atomic E-state index is 10.7. The molecule has 1 atom stereocenters. The molecule has 2 amide bonds. The first-order valence-electron chi connectivity index (χ1n) is 7.46. The molecule has 22 heavy (non-hydrogen) atoms. The van der Waals surface area contributed by atoms with E-state index in [1.807, 2.05) is 12.1 Å². The zero-order valence-corrected chi connectivity index (χ0v) is 14.2. The van der Waals surface area contributed by atoms with Gasteiger partial charge in [0.15, 0.2) is 0 Å². The van der Waals surface area contributed by atoms with E-state index in [4.69, 9.17) is 17.3 Å². The van der Waals surface area contributed by atoms with Crippen molar-refractivity contribution in [3.05, 3.63) is 28.3 Å². The minimum absolute atomic E-state index is 0.105. The van der Waals surface area contributed by atoms with Crippen molar-refractivity contribution >= 4 is 29.5 Å². The molecule has 5 nitrogen and oxygen atoms in total. The van der Waals surface area contributed by atoms with E-state index in [0.29, 0.717) is 10.9 Å². The highest BCUT2D eigenvalue weighted by molar-refractivity contribution is 6.33. The summed E-state index contributed by atoms with van der Waals surface area (Å²) in [6, 6.07) is 3.34. The lowest BCUT2D eigenvalue weighted by molar-refractivity contribution is 0.249. The smallest absolute Gasteiger partial charge is 0.332 e. The Morgan fingerprint density at radius 2 is 2.27 bits per heavy atom. The third-order valence-electron chi connectivity index (χ3n) is 4.20. The summed E-state index contributed by atoms with van der Waals surface area (Å²) in [5, 5.41) is 4.40. The Hall–Kier alpha value is -1.75. The van der Waals surface area contributed by atoms with Gasteiger partial charge in [-0.2, -0.15) is 5.10 Å². The Bertz CT molecular complexity index is 612. The van der Waals surface area contributed by atoms with Crippen LogP contribution in [0, 0.1) is 0 Å².